The van der Waals surface area contributed by atoms with Crippen molar-refractivity contribution in [2.75, 3.05) is 6.54 Å². The zero-order valence-electron chi connectivity index (χ0n) is 10.2. The first-order chi connectivity index (χ1) is 8.66. The molecule has 0 amide bonds. The summed E-state index contributed by atoms with van der Waals surface area (Å²) < 4.78 is 6.52. The Balaban J connectivity index is 2.01. The van der Waals surface area contributed by atoms with Gasteiger partial charge in [0.1, 0.15) is 0 Å². The average molecular weight is 248 g/mol. The van der Waals surface area contributed by atoms with E-state index in [1.165, 1.54) is 4.57 Å². The molecule has 1 aromatic carbocycles. The molecule has 2 heterocycles. The van der Waals surface area contributed by atoms with Gasteiger partial charge in [-0.15, -0.1) is 0 Å². The second-order valence-corrected chi connectivity index (χ2v) is 4.80. The lowest BCUT2D eigenvalue weighted by molar-refractivity contribution is 0.137. The molecule has 1 fully saturated rings. The number of nitrogens with one attached hydrogen (secondary N) is 1. The van der Waals surface area contributed by atoms with Crippen LogP contribution < -0.4 is 11.1 Å². The lowest BCUT2D eigenvalue weighted by Gasteiger charge is -2.18. The minimum Gasteiger partial charge on any atom is -0.408 e. The van der Waals surface area contributed by atoms with E-state index in [1.54, 1.807) is 13.1 Å². The summed E-state index contributed by atoms with van der Waals surface area (Å²) in [7, 11) is 1.66. The number of fused-ring (bicyclic) bond motifs is 1. The van der Waals surface area contributed by atoms with Crippen LogP contribution in [0.4, 0.5) is 0 Å². The highest BCUT2D eigenvalue weighted by atomic mass is 16.4. The average Bonchev–Trinajstić information content (AvgIpc) is 2.99. The van der Waals surface area contributed by atoms with Gasteiger partial charge in [-0.05, 0) is 37.1 Å². The summed E-state index contributed by atoms with van der Waals surface area (Å²) in [6.07, 6.45) is 1.53. The first-order valence-corrected chi connectivity index (χ1v) is 6.18. The molecule has 1 aliphatic heterocycles. The zero-order chi connectivity index (χ0) is 12.7. The number of rotatable bonds is 2. The van der Waals surface area contributed by atoms with E-state index in [-0.39, 0.29) is 11.8 Å². The molecule has 1 saturated heterocycles. The lowest BCUT2D eigenvalue weighted by Crippen LogP contribution is -2.28. The van der Waals surface area contributed by atoms with Crippen molar-refractivity contribution in [3.05, 3.63) is 34.3 Å². The number of nitrogens with zero attached hydrogens (tertiary/aromatic N) is 1. The number of aryl methyl sites for hydroxylation is 1. The van der Waals surface area contributed by atoms with Crippen molar-refractivity contribution in [2.45, 2.75) is 25.0 Å². The molecule has 0 spiro atoms. The van der Waals surface area contributed by atoms with Crippen LogP contribution in [0.2, 0.25) is 0 Å². The summed E-state index contributed by atoms with van der Waals surface area (Å²) in [4.78, 5) is 11.4. The predicted octanol–water partition coefficient (Wildman–Crippen LogP) is 0.917. The number of aromatic nitrogens is 1. The van der Waals surface area contributed by atoms with E-state index in [1.807, 2.05) is 12.1 Å². The molecule has 0 aliphatic carbocycles. The van der Waals surface area contributed by atoms with Crippen molar-refractivity contribution in [1.29, 1.82) is 0 Å². The molecule has 96 valence electrons. The minimum absolute atomic E-state index is 0.103. The molecule has 5 heteroatoms. The molecule has 0 bridgehead atoms. The summed E-state index contributed by atoms with van der Waals surface area (Å²) in [6.45, 7) is 0.953. The first kappa shape index (κ1) is 11.5. The predicted molar refractivity (Wildman–Crippen MR) is 67.4 cm³/mol. The number of aliphatic hydroxyl groups excluding tert-OH is 1. The quantitative estimate of drug-likeness (QED) is 0.829. The smallest absolute Gasteiger partial charge is 0.408 e. The second-order valence-electron chi connectivity index (χ2n) is 4.80. The highest BCUT2D eigenvalue weighted by molar-refractivity contribution is 5.73. The monoisotopic (exact) mass is 248 g/mol. The maximum atomic E-state index is 11.4. The third-order valence-electron chi connectivity index (χ3n) is 3.64. The Kier molecular flexibility index (Phi) is 2.72. The zero-order valence-corrected chi connectivity index (χ0v) is 10.2. The molecule has 2 atom stereocenters. The molecular weight excluding hydrogens is 232 g/mol. The summed E-state index contributed by atoms with van der Waals surface area (Å²) >= 11 is 0. The van der Waals surface area contributed by atoms with Gasteiger partial charge in [0.25, 0.3) is 0 Å². The van der Waals surface area contributed by atoms with Gasteiger partial charge in [0.15, 0.2) is 5.58 Å². The van der Waals surface area contributed by atoms with Gasteiger partial charge in [-0.25, -0.2) is 4.79 Å². The van der Waals surface area contributed by atoms with E-state index < -0.39 is 6.10 Å². The normalized spacial score (nSPS) is 21.6. The number of benzene rings is 1. The number of hydrogen-bond acceptors (Lipinski definition) is 4. The van der Waals surface area contributed by atoms with Crippen molar-refractivity contribution in [3.63, 3.8) is 0 Å². The molecular formula is C13H16N2O3. The van der Waals surface area contributed by atoms with Gasteiger partial charge in [-0.1, -0.05) is 6.07 Å². The SMILES string of the molecule is Cn1c(=O)oc2ccc(C(O)C3CCCN3)cc21. The number of oxazole rings is 1. The van der Waals surface area contributed by atoms with Crippen LogP contribution in [0.25, 0.3) is 11.1 Å². The van der Waals surface area contributed by atoms with Crippen LogP contribution in [0.15, 0.2) is 27.4 Å². The van der Waals surface area contributed by atoms with E-state index >= 15 is 0 Å². The fourth-order valence-corrected chi connectivity index (χ4v) is 2.54. The molecule has 0 radical (unpaired) electrons. The number of hydrogen-bond donors (Lipinski definition) is 2. The van der Waals surface area contributed by atoms with Crippen molar-refractivity contribution >= 4 is 11.1 Å². The molecule has 2 N–H and O–H groups in total. The summed E-state index contributed by atoms with van der Waals surface area (Å²) in [5, 5.41) is 13.6. The highest BCUT2D eigenvalue weighted by Crippen LogP contribution is 2.25. The summed E-state index contributed by atoms with van der Waals surface area (Å²) in [5.74, 6) is -0.379. The first-order valence-electron chi connectivity index (χ1n) is 6.18. The molecule has 18 heavy (non-hydrogen) atoms. The van der Waals surface area contributed by atoms with Crippen molar-refractivity contribution < 1.29 is 9.52 Å². The highest BCUT2D eigenvalue weighted by Gasteiger charge is 2.24. The summed E-state index contributed by atoms with van der Waals surface area (Å²) in [5.41, 5.74) is 2.09. The van der Waals surface area contributed by atoms with Gasteiger partial charge < -0.3 is 14.8 Å². The lowest BCUT2D eigenvalue weighted by atomic mass is 10.0. The topological polar surface area (TPSA) is 67.4 Å². The minimum atomic E-state index is -0.540. The van der Waals surface area contributed by atoms with Crippen LogP contribution in [0.5, 0.6) is 0 Å². The fourth-order valence-electron chi connectivity index (χ4n) is 2.54. The van der Waals surface area contributed by atoms with Gasteiger partial charge in [-0.2, -0.15) is 0 Å². The van der Waals surface area contributed by atoms with E-state index in [0.29, 0.717) is 5.58 Å². The largest absolute Gasteiger partial charge is 0.419 e. The molecule has 1 aliphatic rings. The Morgan fingerprint density at radius 3 is 3.11 bits per heavy atom. The molecule has 2 unspecified atom stereocenters. The van der Waals surface area contributed by atoms with Gasteiger partial charge in [0.2, 0.25) is 0 Å². The molecule has 3 rings (SSSR count). The Labute approximate surface area is 104 Å². The molecule has 2 aromatic rings. The van der Waals surface area contributed by atoms with Crippen LogP contribution in [0, 0.1) is 0 Å². The third-order valence-corrected chi connectivity index (χ3v) is 3.64. The van der Waals surface area contributed by atoms with E-state index in [0.717, 1.165) is 30.5 Å². The summed E-state index contributed by atoms with van der Waals surface area (Å²) in [6, 6.07) is 5.48. The van der Waals surface area contributed by atoms with E-state index in [2.05, 4.69) is 5.32 Å². The number of aliphatic hydroxyl groups is 1. The van der Waals surface area contributed by atoms with Crippen molar-refractivity contribution in [3.8, 4) is 0 Å². The maximum Gasteiger partial charge on any atom is 0.419 e. The van der Waals surface area contributed by atoms with Gasteiger partial charge >= 0.3 is 5.76 Å². The fraction of sp³-hybridized carbons (Fsp3) is 0.462. The molecule has 0 saturated carbocycles. The molecule has 5 nitrogen and oxygen atoms in total. The van der Waals surface area contributed by atoms with Crippen LogP contribution in [-0.2, 0) is 7.05 Å². The van der Waals surface area contributed by atoms with Crippen LogP contribution >= 0.6 is 0 Å². The van der Waals surface area contributed by atoms with Gasteiger partial charge in [0.05, 0.1) is 11.6 Å². The Bertz CT molecular complexity index is 623. The molecule has 1 aromatic heterocycles. The standard InChI is InChI=1S/C13H16N2O3/c1-15-10-7-8(4-5-11(10)18-13(15)17)12(16)9-3-2-6-14-9/h4-5,7,9,12,14,16H,2-3,6H2,1H3. The maximum absolute atomic E-state index is 11.4. The van der Waals surface area contributed by atoms with Gasteiger partial charge in [0, 0.05) is 13.1 Å². The van der Waals surface area contributed by atoms with Crippen LogP contribution in [0.1, 0.15) is 24.5 Å². The second kappa shape index (κ2) is 4.26. The van der Waals surface area contributed by atoms with Crippen LogP contribution in [0.3, 0.4) is 0 Å². The third kappa shape index (κ3) is 1.76. The Morgan fingerprint density at radius 1 is 1.56 bits per heavy atom. The van der Waals surface area contributed by atoms with E-state index in [9.17, 15) is 9.90 Å². The van der Waals surface area contributed by atoms with Gasteiger partial charge in [-0.3, -0.25) is 4.57 Å². The van der Waals surface area contributed by atoms with Crippen molar-refractivity contribution in [1.82, 2.24) is 9.88 Å². The Morgan fingerprint density at radius 2 is 2.39 bits per heavy atom. The van der Waals surface area contributed by atoms with Crippen molar-refractivity contribution in [2.24, 2.45) is 7.05 Å². The van der Waals surface area contributed by atoms with Crippen LogP contribution in [-0.4, -0.2) is 22.3 Å². The van der Waals surface area contributed by atoms with E-state index in [4.69, 9.17) is 4.42 Å². The Hall–Kier alpha value is -1.59.